The van der Waals surface area contributed by atoms with Gasteiger partial charge in [-0.1, -0.05) is 19.9 Å². The van der Waals surface area contributed by atoms with E-state index in [0.717, 1.165) is 6.42 Å². The van der Waals surface area contributed by atoms with E-state index in [1.54, 1.807) is 11.1 Å². The van der Waals surface area contributed by atoms with Crippen LogP contribution in [0.4, 0.5) is 0 Å². The van der Waals surface area contributed by atoms with Crippen LogP contribution >= 0.6 is 0 Å². The molecular formula is C15H22N2O4. The Labute approximate surface area is 124 Å². The number of amides is 1. The highest BCUT2D eigenvalue weighted by Crippen LogP contribution is 2.34. The number of allylic oxidation sites excluding steroid dienone is 1. The Morgan fingerprint density at radius 2 is 2.24 bits per heavy atom. The van der Waals surface area contributed by atoms with Crippen LogP contribution in [0.3, 0.4) is 0 Å². The molecule has 0 bridgehead atoms. The van der Waals surface area contributed by atoms with Gasteiger partial charge < -0.3 is 20.1 Å². The lowest BCUT2D eigenvalue weighted by molar-refractivity contribution is -0.154. The number of ether oxygens (including phenoxy) is 2. The van der Waals surface area contributed by atoms with Gasteiger partial charge in [-0.2, -0.15) is 0 Å². The van der Waals surface area contributed by atoms with Crippen LogP contribution < -0.4 is 5.73 Å². The number of nitrogens with zero attached hydrogens (tertiary/aromatic N) is 1. The molecule has 2 rings (SSSR count). The molecule has 0 aromatic rings. The summed E-state index contributed by atoms with van der Waals surface area (Å²) in [5.41, 5.74) is 5.84. The number of carbonyl (C=O) groups excluding carboxylic acids is 2. The van der Waals surface area contributed by atoms with Gasteiger partial charge in [0.05, 0.1) is 6.10 Å². The molecule has 1 saturated heterocycles. The van der Waals surface area contributed by atoms with Crippen LogP contribution in [-0.4, -0.2) is 35.2 Å². The topological polar surface area (TPSA) is 81.9 Å². The Kier molecular flexibility index (Phi) is 4.67. The molecule has 21 heavy (non-hydrogen) atoms. The number of nitrogens with two attached hydrogens (primary N) is 1. The average Bonchev–Trinajstić information content (AvgIpc) is 2.75. The molecule has 2 aliphatic heterocycles. The van der Waals surface area contributed by atoms with Gasteiger partial charge in [-0.3, -0.25) is 9.59 Å². The Balaban J connectivity index is 2.23. The predicted molar refractivity (Wildman–Crippen MR) is 76.5 cm³/mol. The van der Waals surface area contributed by atoms with E-state index in [2.05, 4.69) is 0 Å². The maximum Gasteiger partial charge on any atom is 0.303 e. The van der Waals surface area contributed by atoms with Crippen LogP contribution in [0.25, 0.3) is 0 Å². The third kappa shape index (κ3) is 3.26. The zero-order valence-corrected chi connectivity index (χ0v) is 12.6. The number of rotatable bonds is 4. The molecule has 1 amide bonds. The molecule has 0 aromatic heterocycles. The number of esters is 1. The predicted octanol–water partition coefficient (Wildman–Crippen LogP) is 1.28. The van der Waals surface area contributed by atoms with Gasteiger partial charge in [0.15, 0.2) is 12.3 Å². The highest BCUT2D eigenvalue weighted by Gasteiger charge is 2.45. The summed E-state index contributed by atoms with van der Waals surface area (Å²) in [5, 5.41) is 0. The van der Waals surface area contributed by atoms with E-state index in [1.807, 2.05) is 26.1 Å². The van der Waals surface area contributed by atoms with Crippen molar-refractivity contribution in [3.8, 4) is 0 Å². The molecule has 0 saturated carbocycles. The van der Waals surface area contributed by atoms with Gasteiger partial charge in [0, 0.05) is 30.8 Å². The van der Waals surface area contributed by atoms with Crippen LogP contribution in [-0.2, 0) is 19.1 Å². The fourth-order valence-corrected chi connectivity index (χ4v) is 2.82. The van der Waals surface area contributed by atoms with Crippen molar-refractivity contribution in [2.24, 2.45) is 11.7 Å². The minimum atomic E-state index is -0.452. The lowest BCUT2D eigenvalue weighted by Gasteiger charge is -2.30. The van der Waals surface area contributed by atoms with E-state index in [1.165, 1.54) is 6.92 Å². The first-order chi connectivity index (χ1) is 9.93. The number of primary amides is 1. The minimum Gasteiger partial charge on any atom is -0.457 e. The highest BCUT2D eigenvalue weighted by molar-refractivity contribution is 5.92. The van der Waals surface area contributed by atoms with Crippen LogP contribution in [0.15, 0.2) is 24.0 Å². The normalized spacial score (nSPS) is 32.0. The van der Waals surface area contributed by atoms with Crippen LogP contribution in [0, 0.1) is 5.92 Å². The Morgan fingerprint density at radius 1 is 1.52 bits per heavy atom. The second-order valence-electron chi connectivity index (χ2n) is 5.46. The average molecular weight is 294 g/mol. The quantitative estimate of drug-likeness (QED) is 0.790. The van der Waals surface area contributed by atoms with Gasteiger partial charge in [0.1, 0.15) is 0 Å². The van der Waals surface area contributed by atoms with E-state index < -0.39 is 12.1 Å². The van der Waals surface area contributed by atoms with Gasteiger partial charge in [0.25, 0.3) is 0 Å². The molecule has 0 unspecified atom stereocenters. The summed E-state index contributed by atoms with van der Waals surface area (Å²) >= 11 is 0. The van der Waals surface area contributed by atoms with Gasteiger partial charge in [-0.05, 0) is 12.8 Å². The molecule has 0 aliphatic carbocycles. The molecule has 2 aliphatic rings. The molecule has 4 atom stereocenters. The van der Waals surface area contributed by atoms with E-state index >= 15 is 0 Å². The summed E-state index contributed by atoms with van der Waals surface area (Å²) < 4.78 is 11.4. The molecule has 6 nitrogen and oxygen atoms in total. The summed E-state index contributed by atoms with van der Waals surface area (Å²) in [4.78, 5) is 24.4. The third-order valence-corrected chi connectivity index (χ3v) is 3.93. The van der Waals surface area contributed by atoms with Crippen molar-refractivity contribution in [1.29, 1.82) is 0 Å². The van der Waals surface area contributed by atoms with Crippen molar-refractivity contribution in [3.05, 3.63) is 24.0 Å². The van der Waals surface area contributed by atoms with Crippen molar-refractivity contribution in [1.82, 2.24) is 4.90 Å². The molecule has 0 spiro atoms. The molecular weight excluding hydrogens is 272 g/mol. The SMILES string of the molecule is CC[C@H]1O[C@@H](N2C=CCC(C(N)=O)=C2)[C@H](OC(C)=O)[C@@H]1C. The molecule has 116 valence electrons. The van der Waals surface area contributed by atoms with Gasteiger partial charge >= 0.3 is 5.97 Å². The zero-order valence-electron chi connectivity index (χ0n) is 12.6. The molecule has 2 N–H and O–H groups in total. The van der Waals surface area contributed by atoms with Crippen molar-refractivity contribution in [2.45, 2.75) is 52.0 Å². The van der Waals surface area contributed by atoms with Crippen molar-refractivity contribution in [3.63, 3.8) is 0 Å². The van der Waals surface area contributed by atoms with Gasteiger partial charge in [-0.15, -0.1) is 0 Å². The molecule has 1 fully saturated rings. The first-order valence-corrected chi connectivity index (χ1v) is 7.21. The van der Waals surface area contributed by atoms with E-state index in [4.69, 9.17) is 15.2 Å². The van der Waals surface area contributed by atoms with Crippen LogP contribution in [0.2, 0.25) is 0 Å². The second-order valence-corrected chi connectivity index (χ2v) is 5.46. The Morgan fingerprint density at radius 3 is 2.81 bits per heavy atom. The van der Waals surface area contributed by atoms with E-state index in [-0.39, 0.29) is 24.1 Å². The molecule has 0 radical (unpaired) electrons. The lowest BCUT2D eigenvalue weighted by atomic mass is 9.98. The van der Waals surface area contributed by atoms with Gasteiger partial charge in [-0.25, -0.2) is 0 Å². The third-order valence-electron chi connectivity index (χ3n) is 3.93. The standard InChI is InChI=1S/C15H22N2O4/c1-4-12-9(2)13(20-10(3)18)15(21-12)17-7-5-6-11(8-17)14(16)19/h5,7-9,12-13,15H,4,6H2,1-3H3,(H2,16,19)/t9-,12-,13-,15-/m1/s1. The maximum atomic E-state index is 11.3. The fraction of sp³-hybridized carbons (Fsp3) is 0.600. The second kappa shape index (κ2) is 6.30. The van der Waals surface area contributed by atoms with Crippen molar-refractivity contribution < 1.29 is 19.1 Å². The lowest BCUT2D eigenvalue weighted by Crippen LogP contribution is -2.40. The van der Waals surface area contributed by atoms with Crippen molar-refractivity contribution >= 4 is 11.9 Å². The first-order valence-electron chi connectivity index (χ1n) is 7.21. The summed E-state index contributed by atoms with van der Waals surface area (Å²) in [7, 11) is 0. The Bertz CT molecular complexity index is 486. The number of hydrogen-bond acceptors (Lipinski definition) is 5. The van der Waals surface area contributed by atoms with E-state index in [0.29, 0.717) is 12.0 Å². The van der Waals surface area contributed by atoms with Crippen molar-refractivity contribution in [2.75, 3.05) is 0 Å². The number of hydrogen-bond donors (Lipinski definition) is 1. The summed E-state index contributed by atoms with van der Waals surface area (Å²) in [6.45, 7) is 5.43. The maximum absolute atomic E-state index is 11.3. The van der Waals surface area contributed by atoms with Crippen LogP contribution in [0.5, 0.6) is 0 Å². The fourth-order valence-electron chi connectivity index (χ4n) is 2.82. The molecule has 6 heteroatoms. The minimum absolute atomic E-state index is 0.0140. The smallest absolute Gasteiger partial charge is 0.303 e. The van der Waals surface area contributed by atoms with E-state index in [9.17, 15) is 9.59 Å². The summed E-state index contributed by atoms with van der Waals surface area (Å²) in [6, 6.07) is 0. The molecule has 0 aromatic carbocycles. The monoisotopic (exact) mass is 294 g/mol. The number of carbonyl (C=O) groups is 2. The molecule has 2 heterocycles. The summed E-state index contributed by atoms with van der Waals surface area (Å²) in [6.07, 6.45) is 5.90. The van der Waals surface area contributed by atoms with Crippen LogP contribution in [0.1, 0.15) is 33.6 Å². The summed E-state index contributed by atoms with van der Waals surface area (Å²) in [5.74, 6) is -0.701. The van der Waals surface area contributed by atoms with Gasteiger partial charge in [0.2, 0.25) is 5.91 Å². The largest absolute Gasteiger partial charge is 0.457 e. The zero-order chi connectivity index (χ0) is 15.6. The first kappa shape index (κ1) is 15.6. The highest BCUT2D eigenvalue weighted by atomic mass is 16.6. The Hall–Kier alpha value is -1.82.